The molecule has 0 saturated carbocycles. The number of methoxy groups -OCH3 is 3. The van der Waals surface area contributed by atoms with Crippen LogP contribution < -0.4 is 14.2 Å². The molecule has 0 spiro atoms. The van der Waals surface area contributed by atoms with Gasteiger partial charge in [0.05, 0.1) is 21.3 Å². The molecule has 0 aliphatic heterocycles. The number of phenols is 2. The van der Waals surface area contributed by atoms with E-state index in [0.717, 1.165) is 0 Å². The predicted octanol–water partition coefficient (Wildman–Crippen LogP) is 3.02. The van der Waals surface area contributed by atoms with Crippen LogP contribution in [0, 0.1) is 0 Å². The molecule has 2 rings (SSSR count). The number of benzene rings is 2. The zero-order valence-electron chi connectivity index (χ0n) is 13.6. The molecule has 0 bridgehead atoms. The number of rotatable bonds is 6. The van der Waals surface area contributed by atoms with Gasteiger partial charge >= 0.3 is 0 Å². The van der Waals surface area contributed by atoms with Crippen LogP contribution in [0.4, 0.5) is 0 Å². The maximum Gasteiger partial charge on any atom is 0.203 e. The van der Waals surface area contributed by atoms with Crippen molar-refractivity contribution >= 4 is 11.9 Å². The van der Waals surface area contributed by atoms with E-state index in [1.54, 1.807) is 18.2 Å². The highest BCUT2D eigenvalue weighted by Gasteiger charge is 2.15. The average molecular weight is 330 g/mol. The Labute approximate surface area is 139 Å². The molecular formula is C18H18O6. The zero-order chi connectivity index (χ0) is 17.7. The Balaban J connectivity index is 2.32. The van der Waals surface area contributed by atoms with Crippen molar-refractivity contribution in [2.45, 2.75) is 0 Å². The van der Waals surface area contributed by atoms with Crippen LogP contribution in [0.2, 0.25) is 0 Å². The van der Waals surface area contributed by atoms with Crippen molar-refractivity contribution in [2.24, 2.45) is 0 Å². The van der Waals surface area contributed by atoms with Crippen LogP contribution in [0.1, 0.15) is 15.9 Å². The summed E-state index contributed by atoms with van der Waals surface area (Å²) in [5, 5.41) is 18.7. The summed E-state index contributed by atoms with van der Waals surface area (Å²) in [6.07, 6.45) is 2.89. The van der Waals surface area contributed by atoms with E-state index in [2.05, 4.69) is 0 Å². The summed E-state index contributed by atoms with van der Waals surface area (Å²) in [5.74, 6) is 0.429. The highest BCUT2D eigenvalue weighted by molar-refractivity contribution is 6.07. The number of carbonyl (C=O) groups excluding carboxylic acids is 1. The fourth-order valence-electron chi connectivity index (χ4n) is 2.14. The maximum absolute atomic E-state index is 12.4. The quantitative estimate of drug-likeness (QED) is 0.481. The number of ether oxygens (including phenoxy) is 3. The van der Waals surface area contributed by atoms with Crippen LogP contribution in [0.5, 0.6) is 28.7 Å². The minimum Gasteiger partial charge on any atom is -0.504 e. The highest BCUT2D eigenvalue weighted by Crippen LogP contribution is 2.38. The van der Waals surface area contributed by atoms with E-state index in [1.165, 1.54) is 45.6 Å². The number of hydrogen-bond donors (Lipinski definition) is 2. The molecule has 24 heavy (non-hydrogen) atoms. The van der Waals surface area contributed by atoms with Gasteiger partial charge in [0.15, 0.2) is 28.8 Å². The third kappa shape index (κ3) is 3.60. The van der Waals surface area contributed by atoms with Crippen LogP contribution in [0.25, 0.3) is 6.08 Å². The van der Waals surface area contributed by atoms with Gasteiger partial charge in [-0.05, 0) is 35.9 Å². The molecule has 0 unspecified atom stereocenters. The standard InChI is InChI=1S/C18H18O6/c1-22-16-9-12(10-17(23-2)18(16)24-3)13(19)6-4-11-5-7-14(20)15(21)8-11/h4-10,20-21H,1-3H3/b6-4+. The van der Waals surface area contributed by atoms with Crippen LogP contribution in [-0.4, -0.2) is 37.3 Å². The lowest BCUT2D eigenvalue weighted by atomic mass is 10.1. The highest BCUT2D eigenvalue weighted by atomic mass is 16.5. The van der Waals surface area contributed by atoms with E-state index in [9.17, 15) is 15.0 Å². The normalized spacial score (nSPS) is 10.6. The molecule has 0 heterocycles. The molecule has 0 radical (unpaired) electrons. The van der Waals surface area contributed by atoms with Crippen LogP contribution in [0.3, 0.4) is 0 Å². The van der Waals surface area contributed by atoms with Gasteiger partial charge in [-0.25, -0.2) is 0 Å². The summed E-state index contributed by atoms with van der Waals surface area (Å²) < 4.78 is 15.7. The Hall–Kier alpha value is -3.15. The molecule has 6 heteroatoms. The van der Waals surface area contributed by atoms with Gasteiger partial charge in [-0.15, -0.1) is 0 Å². The van der Waals surface area contributed by atoms with E-state index in [0.29, 0.717) is 28.4 Å². The van der Waals surface area contributed by atoms with Crippen molar-refractivity contribution in [1.29, 1.82) is 0 Å². The van der Waals surface area contributed by atoms with Crippen LogP contribution >= 0.6 is 0 Å². The summed E-state index contributed by atoms with van der Waals surface area (Å²) >= 11 is 0. The molecule has 2 aromatic rings. The summed E-state index contributed by atoms with van der Waals surface area (Å²) in [4.78, 5) is 12.4. The summed E-state index contributed by atoms with van der Waals surface area (Å²) in [6.45, 7) is 0. The molecule has 0 atom stereocenters. The van der Waals surface area contributed by atoms with Gasteiger partial charge in [-0.2, -0.15) is 0 Å². The number of ketones is 1. The molecule has 2 aromatic carbocycles. The summed E-state index contributed by atoms with van der Waals surface area (Å²) in [6, 6.07) is 7.39. The predicted molar refractivity (Wildman–Crippen MR) is 89.2 cm³/mol. The van der Waals surface area contributed by atoms with Crippen molar-refractivity contribution in [3.05, 3.63) is 47.5 Å². The number of hydrogen-bond acceptors (Lipinski definition) is 6. The molecule has 2 N–H and O–H groups in total. The maximum atomic E-state index is 12.4. The monoisotopic (exact) mass is 330 g/mol. The van der Waals surface area contributed by atoms with Gasteiger partial charge in [0.25, 0.3) is 0 Å². The van der Waals surface area contributed by atoms with Crippen LogP contribution in [0.15, 0.2) is 36.4 Å². The third-order valence-electron chi connectivity index (χ3n) is 3.38. The lowest BCUT2D eigenvalue weighted by Gasteiger charge is -2.13. The molecule has 0 fully saturated rings. The van der Waals surface area contributed by atoms with Gasteiger partial charge in [0.1, 0.15) is 0 Å². The van der Waals surface area contributed by atoms with E-state index in [4.69, 9.17) is 14.2 Å². The molecule has 6 nitrogen and oxygen atoms in total. The van der Waals surface area contributed by atoms with Crippen molar-refractivity contribution in [3.63, 3.8) is 0 Å². The second kappa shape index (κ2) is 7.41. The van der Waals surface area contributed by atoms with Crippen molar-refractivity contribution in [2.75, 3.05) is 21.3 Å². The van der Waals surface area contributed by atoms with Crippen molar-refractivity contribution < 1.29 is 29.2 Å². The fraction of sp³-hybridized carbons (Fsp3) is 0.167. The van der Waals surface area contributed by atoms with Gasteiger partial charge < -0.3 is 24.4 Å². The van der Waals surface area contributed by atoms with Crippen molar-refractivity contribution in [3.8, 4) is 28.7 Å². The van der Waals surface area contributed by atoms with Gasteiger partial charge in [-0.1, -0.05) is 12.1 Å². The molecule has 0 saturated heterocycles. The topological polar surface area (TPSA) is 85.2 Å². The second-order valence-corrected chi connectivity index (χ2v) is 4.86. The molecule has 0 amide bonds. The number of phenolic OH excluding ortho intramolecular Hbond substituents is 2. The first-order chi connectivity index (χ1) is 11.5. The fourth-order valence-corrected chi connectivity index (χ4v) is 2.14. The third-order valence-corrected chi connectivity index (χ3v) is 3.38. The molecule has 0 aromatic heterocycles. The molecule has 0 aliphatic rings. The Morgan fingerprint density at radius 1 is 0.917 bits per heavy atom. The van der Waals surface area contributed by atoms with E-state index in [-0.39, 0.29) is 17.3 Å². The first-order valence-corrected chi connectivity index (χ1v) is 7.04. The Bertz CT molecular complexity index is 754. The number of carbonyl (C=O) groups is 1. The lowest BCUT2D eigenvalue weighted by Crippen LogP contribution is -2.00. The average Bonchev–Trinajstić information content (AvgIpc) is 2.60. The van der Waals surface area contributed by atoms with Gasteiger partial charge in [0, 0.05) is 5.56 Å². The molecular weight excluding hydrogens is 312 g/mol. The number of allylic oxidation sites excluding steroid dienone is 1. The van der Waals surface area contributed by atoms with E-state index in [1.807, 2.05) is 0 Å². The largest absolute Gasteiger partial charge is 0.504 e. The molecule has 126 valence electrons. The molecule has 0 aliphatic carbocycles. The van der Waals surface area contributed by atoms with E-state index >= 15 is 0 Å². The van der Waals surface area contributed by atoms with Crippen LogP contribution in [-0.2, 0) is 0 Å². The minimum atomic E-state index is -0.276. The van der Waals surface area contributed by atoms with Crippen molar-refractivity contribution in [1.82, 2.24) is 0 Å². The minimum absolute atomic E-state index is 0.219. The SMILES string of the molecule is COc1cc(C(=O)/C=C/c2ccc(O)c(O)c2)cc(OC)c1OC. The van der Waals surface area contributed by atoms with E-state index < -0.39 is 0 Å². The van der Waals surface area contributed by atoms with Gasteiger partial charge in [0.2, 0.25) is 5.75 Å². The summed E-state index contributed by atoms with van der Waals surface area (Å²) in [7, 11) is 4.43. The Morgan fingerprint density at radius 3 is 2.04 bits per heavy atom. The Morgan fingerprint density at radius 2 is 1.54 bits per heavy atom. The lowest BCUT2D eigenvalue weighted by molar-refractivity contribution is 0.104. The zero-order valence-corrected chi connectivity index (χ0v) is 13.6. The first-order valence-electron chi connectivity index (χ1n) is 7.04. The Kier molecular flexibility index (Phi) is 5.31. The number of aromatic hydroxyl groups is 2. The smallest absolute Gasteiger partial charge is 0.203 e. The first kappa shape index (κ1) is 17.2. The summed E-state index contributed by atoms with van der Waals surface area (Å²) in [5.41, 5.74) is 0.940. The second-order valence-electron chi connectivity index (χ2n) is 4.86. The van der Waals surface area contributed by atoms with Gasteiger partial charge in [-0.3, -0.25) is 4.79 Å².